The predicted molar refractivity (Wildman–Crippen MR) is 75.4 cm³/mol. The second-order valence-electron chi connectivity index (χ2n) is 5.43. The van der Waals surface area contributed by atoms with Gasteiger partial charge < -0.3 is 5.32 Å². The van der Waals surface area contributed by atoms with Crippen molar-refractivity contribution in [1.29, 1.82) is 0 Å². The van der Waals surface area contributed by atoms with E-state index < -0.39 is 0 Å². The summed E-state index contributed by atoms with van der Waals surface area (Å²) in [5.41, 5.74) is 2.44. The summed E-state index contributed by atoms with van der Waals surface area (Å²) in [5, 5.41) is 4.92. The minimum Gasteiger partial charge on any atom is -0.310 e. The third-order valence-electron chi connectivity index (χ3n) is 4.10. The molecule has 2 heteroatoms. The number of nitrogens with zero attached hydrogens (tertiary/aromatic N) is 1. The Morgan fingerprint density at radius 1 is 1.28 bits per heavy atom. The highest BCUT2D eigenvalue weighted by molar-refractivity contribution is 5.78. The molecular formula is C16H20N2. The molecule has 1 fully saturated rings. The summed E-state index contributed by atoms with van der Waals surface area (Å²) in [6.45, 7) is 3.33. The summed E-state index contributed by atoms with van der Waals surface area (Å²) in [5.74, 6) is 0.826. The molecule has 0 amide bonds. The fourth-order valence-electron chi connectivity index (χ4n) is 2.93. The Hall–Kier alpha value is -1.41. The fraction of sp³-hybridized carbons (Fsp3) is 0.438. The number of pyridine rings is 1. The molecule has 0 saturated heterocycles. The van der Waals surface area contributed by atoms with E-state index in [0.717, 1.165) is 18.0 Å². The number of benzene rings is 1. The van der Waals surface area contributed by atoms with Crippen molar-refractivity contribution in [3.8, 4) is 0 Å². The molecule has 1 heterocycles. The van der Waals surface area contributed by atoms with Crippen molar-refractivity contribution in [2.45, 2.75) is 38.8 Å². The van der Waals surface area contributed by atoms with Gasteiger partial charge >= 0.3 is 0 Å². The van der Waals surface area contributed by atoms with E-state index in [9.17, 15) is 0 Å². The lowest BCUT2D eigenvalue weighted by Crippen LogP contribution is -2.30. The quantitative estimate of drug-likeness (QED) is 0.888. The number of hydrogen-bond donors (Lipinski definition) is 1. The van der Waals surface area contributed by atoms with Crippen LogP contribution in [0.4, 0.5) is 0 Å². The van der Waals surface area contributed by atoms with E-state index in [1.165, 1.54) is 30.2 Å². The summed E-state index contributed by atoms with van der Waals surface area (Å²) in [7, 11) is 0. The summed E-state index contributed by atoms with van der Waals surface area (Å²) in [4.78, 5) is 4.35. The maximum absolute atomic E-state index is 4.35. The molecule has 94 valence electrons. The summed E-state index contributed by atoms with van der Waals surface area (Å²) in [6, 6.07) is 11.4. The Labute approximate surface area is 108 Å². The average Bonchev–Trinajstić information content (AvgIpc) is 2.82. The van der Waals surface area contributed by atoms with Gasteiger partial charge in [-0.2, -0.15) is 0 Å². The molecule has 1 aromatic carbocycles. The van der Waals surface area contributed by atoms with Crippen LogP contribution in [-0.4, -0.2) is 11.0 Å². The average molecular weight is 240 g/mol. The molecule has 1 aliphatic carbocycles. The van der Waals surface area contributed by atoms with E-state index in [2.05, 4.69) is 41.5 Å². The Morgan fingerprint density at radius 2 is 2.22 bits per heavy atom. The molecule has 2 nitrogen and oxygen atoms in total. The number of hydrogen-bond acceptors (Lipinski definition) is 2. The van der Waals surface area contributed by atoms with Gasteiger partial charge in [-0.1, -0.05) is 25.5 Å². The summed E-state index contributed by atoms with van der Waals surface area (Å²) in [6.07, 6.45) is 5.93. The van der Waals surface area contributed by atoms with Crippen molar-refractivity contribution in [2.24, 2.45) is 5.92 Å². The molecule has 0 aliphatic heterocycles. The number of aromatic nitrogens is 1. The molecule has 2 unspecified atom stereocenters. The van der Waals surface area contributed by atoms with Crippen molar-refractivity contribution in [3.63, 3.8) is 0 Å². The van der Waals surface area contributed by atoms with Crippen LogP contribution in [0, 0.1) is 5.92 Å². The first kappa shape index (κ1) is 11.7. The van der Waals surface area contributed by atoms with Crippen LogP contribution < -0.4 is 5.32 Å². The molecule has 0 spiro atoms. The molecule has 1 aliphatic rings. The molecular weight excluding hydrogens is 220 g/mol. The number of fused-ring (bicyclic) bond motifs is 1. The second-order valence-corrected chi connectivity index (χ2v) is 5.43. The molecule has 18 heavy (non-hydrogen) atoms. The first-order chi connectivity index (χ1) is 8.83. The zero-order chi connectivity index (χ0) is 12.4. The molecule has 0 radical (unpaired) electrons. The van der Waals surface area contributed by atoms with Crippen LogP contribution >= 0.6 is 0 Å². The molecule has 1 aromatic heterocycles. The van der Waals surface area contributed by atoms with Crippen LogP contribution in [-0.2, 0) is 6.54 Å². The van der Waals surface area contributed by atoms with Gasteiger partial charge in [-0.25, -0.2) is 0 Å². The highest BCUT2D eigenvalue weighted by atomic mass is 14.9. The first-order valence-electron chi connectivity index (χ1n) is 6.90. The SMILES string of the molecule is CC1CCCC1NCc1ccc2ncccc2c1. The summed E-state index contributed by atoms with van der Waals surface area (Å²) >= 11 is 0. The van der Waals surface area contributed by atoms with Crippen molar-refractivity contribution in [2.75, 3.05) is 0 Å². The monoisotopic (exact) mass is 240 g/mol. The minimum atomic E-state index is 0.703. The summed E-state index contributed by atoms with van der Waals surface area (Å²) < 4.78 is 0. The zero-order valence-corrected chi connectivity index (χ0v) is 10.9. The van der Waals surface area contributed by atoms with Crippen LogP contribution in [0.5, 0.6) is 0 Å². The van der Waals surface area contributed by atoms with Crippen molar-refractivity contribution in [3.05, 3.63) is 42.1 Å². The van der Waals surface area contributed by atoms with Crippen molar-refractivity contribution < 1.29 is 0 Å². The van der Waals surface area contributed by atoms with Gasteiger partial charge in [-0.3, -0.25) is 4.98 Å². The van der Waals surface area contributed by atoms with Crippen LogP contribution in [0.2, 0.25) is 0 Å². The van der Waals surface area contributed by atoms with Crippen molar-refractivity contribution >= 4 is 10.9 Å². The zero-order valence-electron chi connectivity index (χ0n) is 10.9. The second kappa shape index (κ2) is 5.07. The lowest BCUT2D eigenvalue weighted by Gasteiger charge is -2.17. The van der Waals surface area contributed by atoms with Gasteiger partial charge in [0.15, 0.2) is 0 Å². The molecule has 3 rings (SSSR count). The maximum Gasteiger partial charge on any atom is 0.0702 e. The molecule has 2 atom stereocenters. The van der Waals surface area contributed by atoms with Crippen LogP contribution in [0.1, 0.15) is 31.7 Å². The maximum atomic E-state index is 4.35. The van der Waals surface area contributed by atoms with Crippen LogP contribution in [0.25, 0.3) is 10.9 Å². The Balaban J connectivity index is 1.71. The molecule has 1 N–H and O–H groups in total. The Morgan fingerprint density at radius 3 is 3.06 bits per heavy atom. The van der Waals surface area contributed by atoms with Gasteiger partial charge in [0.2, 0.25) is 0 Å². The number of nitrogens with one attached hydrogen (secondary N) is 1. The smallest absolute Gasteiger partial charge is 0.0702 e. The standard InChI is InChI=1S/C16H20N2/c1-12-4-2-6-15(12)18-11-13-7-8-16-14(10-13)5-3-9-17-16/h3,5,7-10,12,15,18H,2,4,6,11H2,1H3. The largest absolute Gasteiger partial charge is 0.310 e. The van der Waals surface area contributed by atoms with Crippen molar-refractivity contribution in [1.82, 2.24) is 10.3 Å². The van der Waals surface area contributed by atoms with E-state index in [-0.39, 0.29) is 0 Å². The van der Waals surface area contributed by atoms with Gasteiger partial charge in [-0.05, 0) is 42.5 Å². The lowest BCUT2D eigenvalue weighted by molar-refractivity contribution is 0.426. The Bertz CT molecular complexity index is 535. The van der Waals surface area contributed by atoms with Gasteiger partial charge in [0.1, 0.15) is 0 Å². The highest BCUT2D eigenvalue weighted by Gasteiger charge is 2.22. The van der Waals surface area contributed by atoms with Gasteiger partial charge in [0.25, 0.3) is 0 Å². The number of rotatable bonds is 3. The molecule has 0 bridgehead atoms. The van der Waals surface area contributed by atoms with Gasteiger partial charge in [-0.15, -0.1) is 0 Å². The van der Waals surface area contributed by atoms with E-state index in [0.29, 0.717) is 6.04 Å². The Kier molecular flexibility index (Phi) is 3.28. The van der Waals surface area contributed by atoms with E-state index in [1.54, 1.807) is 0 Å². The third kappa shape index (κ3) is 2.39. The fourth-order valence-corrected chi connectivity index (χ4v) is 2.93. The van der Waals surface area contributed by atoms with Gasteiger partial charge in [0.05, 0.1) is 5.52 Å². The van der Waals surface area contributed by atoms with Gasteiger partial charge in [0, 0.05) is 24.2 Å². The normalized spacial score (nSPS) is 23.6. The van der Waals surface area contributed by atoms with E-state index in [4.69, 9.17) is 0 Å². The van der Waals surface area contributed by atoms with E-state index in [1.807, 2.05) is 12.3 Å². The molecule has 2 aromatic rings. The first-order valence-corrected chi connectivity index (χ1v) is 6.90. The predicted octanol–water partition coefficient (Wildman–Crippen LogP) is 3.51. The lowest BCUT2D eigenvalue weighted by atomic mass is 10.1. The van der Waals surface area contributed by atoms with E-state index >= 15 is 0 Å². The van der Waals surface area contributed by atoms with Crippen LogP contribution in [0.15, 0.2) is 36.5 Å². The minimum absolute atomic E-state index is 0.703. The highest BCUT2D eigenvalue weighted by Crippen LogP contribution is 2.25. The third-order valence-corrected chi connectivity index (χ3v) is 4.10. The topological polar surface area (TPSA) is 24.9 Å². The molecule has 1 saturated carbocycles. The van der Waals surface area contributed by atoms with Crippen LogP contribution in [0.3, 0.4) is 0 Å².